The van der Waals surface area contributed by atoms with Gasteiger partial charge in [0.2, 0.25) is 0 Å². The predicted molar refractivity (Wildman–Crippen MR) is 71.1 cm³/mol. The average Bonchev–Trinajstić information content (AvgIpc) is 2.74. The van der Waals surface area contributed by atoms with E-state index in [0.29, 0.717) is 29.9 Å². The van der Waals surface area contributed by atoms with E-state index in [-0.39, 0.29) is 5.56 Å². The summed E-state index contributed by atoms with van der Waals surface area (Å²) < 4.78 is 15.2. The van der Waals surface area contributed by atoms with Crippen LogP contribution in [0.25, 0.3) is 10.8 Å². The summed E-state index contributed by atoms with van der Waals surface area (Å²) in [4.78, 5) is 23.4. The van der Waals surface area contributed by atoms with Crippen molar-refractivity contribution in [3.63, 3.8) is 0 Å². The van der Waals surface area contributed by atoms with Gasteiger partial charge in [-0.05, 0) is 6.07 Å². The van der Waals surface area contributed by atoms with Crippen LogP contribution in [0.2, 0.25) is 0 Å². The maximum absolute atomic E-state index is 11.8. The minimum absolute atomic E-state index is 0.251. The average molecular weight is 272 g/mol. The third kappa shape index (κ3) is 1.92. The van der Waals surface area contributed by atoms with Crippen LogP contribution >= 0.6 is 0 Å². The molecule has 0 saturated carbocycles. The maximum Gasteiger partial charge on any atom is 0.347 e. The molecule has 1 aliphatic rings. The molecule has 5 heteroatoms. The van der Waals surface area contributed by atoms with E-state index < -0.39 is 11.9 Å². The third-order valence-corrected chi connectivity index (χ3v) is 3.16. The summed E-state index contributed by atoms with van der Waals surface area (Å²) in [6.45, 7) is 0.803. The lowest BCUT2D eigenvalue weighted by Crippen LogP contribution is -2.06. The van der Waals surface area contributed by atoms with Crippen LogP contribution in [0.1, 0.15) is 20.7 Å². The topological polar surface area (TPSA) is 61.8 Å². The fourth-order valence-corrected chi connectivity index (χ4v) is 2.27. The van der Waals surface area contributed by atoms with Crippen LogP contribution in [-0.4, -0.2) is 32.3 Å². The molecule has 0 fully saturated rings. The fourth-order valence-electron chi connectivity index (χ4n) is 2.27. The lowest BCUT2D eigenvalue weighted by Gasteiger charge is -2.10. The molecule has 3 rings (SSSR count). The first-order chi connectivity index (χ1) is 9.72. The Bertz CT molecular complexity index is 705. The SMILES string of the molecule is COCCOc1cc2c(c3ccccc13)C(=O)OC2=O. The first kappa shape index (κ1) is 12.6. The lowest BCUT2D eigenvalue weighted by atomic mass is 9.99. The molecule has 2 aromatic carbocycles. The molecular weight excluding hydrogens is 260 g/mol. The first-order valence-corrected chi connectivity index (χ1v) is 6.16. The second-order valence-electron chi connectivity index (χ2n) is 4.36. The van der Waals surface area contributed by atoms with E-state index in [9.17, 15) is 9.59 Å². The van der Waals surface area contributed by atoms with Crippen molar-refractivity contribution >= 4 is 22.7 Å². The highest BCUT2D eigenvalue weighted by atomic mass is 16.6. The summed E-state index contributed by atoms with van der Waals surface area (Å²) in [6, 6.07) is 8.82. The highest BCUT2D eigenvalue weighted by molar-refractivity contribution is 6.22. The highest BCUT2D eigenvalue weighted by Crippen LogP contribution is 2.35. The van der Waals surface area contributed by atoms with Gasteiger partial charge in [0.05, 0.1) is 17.7 Å². The van der Waals surface area contributed by atoms with Gasteiger partial charge in [-0.3, -0.25) is 0 Å². The number of methoxy groups -OCH3 is 1. The molecule has 1 aliphatic heterocycles. The highest BCUT2D eigenvalue weighted by Gasteiger charge is 2.32. The molecule has 0 spiro atoms. The summed E-state index contributed by atoms with van der Waals surface area (Å²) >= 11 is 0. The summed E-state index contributed by atoms with van der Waals surface area (Å²) in [6.07, 6.45) is 0. The van der Waals surface area contributed by atoms with Crippen LogP contribution < -0.4 is 4.74 Å². The fraction of sp³-hybridized carbons (Fsp3) is 0.200. The van der Waals surface area contributed by atoms with Crippen LogP contribution in [0.15, 0.2) is 30.3 Å². The summed E-state index contributed by atoms with van der Waals surface area (Å²) in [5.74, 6) is -0.694. The van der Waals surface area contributed by atoms with Gasteiger partial charge in [-0.1, -0.05) is 24.3 Å². The zero-order valence-electron chi connectivity index (χ0n) is 10.8. The minimum Gasteiger partial charge on any atom is -0.491 e. The number of cyclic esters (lactones) is 2. The summed E-state index contributed by atoms with van der Waals surface area (Å²) in [5.41, 5.74) is 0.561. The number of ether oxygens (including phenoxy) is 3. The first-order valence-electron chi connectivity index (χ1n) is 6.16. The monoisotopic (exact) mass is 272 g/mol. The molecule has 5 nitrogen and oxygen atoms in total. The number of fused-ring (bicyclic) bond motifs is 3. The minimum atomic E-state index is -0.632. The van der Waals surface area contributed by atoms with Gasteiger partial charge >= 0.3 is 11.9 Å². The Morgan fingerprint density at radius 3 is 2.55 bits per heavy atom. The van der Waals surface area contributed by atoms with Gasteiger partial charge in [0.25, 0.3) is 0 Å². The molecule has 0 radical (unpaired) electrons. The smallest absolute Gasteiger partial charge is 0.347 e. The van der Waals surface area contributed by atoms with Crippen LogP contribution in [0.3, 0.4) is 0 Å². The van der Waals surface area contributed by atoms with Gasteiger partial charge < -0.3 is 14.2 Å². The Kier molecular flexibility index (Phi) is 3.12. The lowest BCUT2D eigenvalue weighted by molar-refractivity contribution is 0.0444. The molecule has 0 saturated heterocycles. The normalized spacial score (nSPS) is 13.4. The van der Waals surface area contributed by atoms with Crippen LogP contribution in [0.5, 0.6) is 5.75 Å². The van der Waals surface area contributed by atoms with Gasteiger partial charge in [-0.15, -0.1) is 0 Å². The molecule has 0 N–H and O–H groups in total. The van der Waals surface area contributed by atoms with E-state index in [2.05, 4.69) is 4.74 Å². The van der Waals surface area contributed by atoms with E-state index in [1.54, 1.807) is 25.3 Å². The summed E-state index contributed by atoms with van der Waals surface area (Å²) in [7, 11) is 1.58. The van der Waals surface area contributed by atoms with Crippen LogP contribution in [0.4, 0.5) is 0 Å². The molecule has 0 amide bonds. The van der Waals surface area contributed by atoms with Gasteiger partial charge in [-0.2, -0.15) is 0 Å². The van der Waals surface area contributed by atoms with Crippen LogP contribution in [0, 0.1) is 0 Å². The standard InChI is InChI=1S/C15H12O5/c1-18-6-7-19-12-8-11-13(15(17)20-14(11)16)10-5-3-2-4-9(10)12/h2-5,8H,6-7H2,1H3. The number of carbonyl (C=O) groups excluding carboxylic acids is 2. The predicted octanol–water partition coefficient (Wildman–Crippen LogP) is 2.18. The Labute approximate surface area is 115 Å². The van der Waals surface area contributed by atoms with Crippen molar-refractivity contribution in [1.82, 2.24) is 0 Å². The molecular formula is C15H12O5. The zero-order chi connectivity index (χ0) is 14.1. The van der Waals surface area contributed by atoms with E-state index in [1.165, 1.54) is 0 Å². The molecule has 102 valence electrons. The Balaban J connectivity index is 2.17. The van der Waals surface area contributed by atoms with E-state index in [1.807, 2.05) is 12.1 Å². The third-order valence-electron chi connectivity index (χ3n) is 3.16. The van der Waals surface area contributed by atoms with Crippen molar-refractivity contribution in [3.8, 4) is 5.75 Å². The molecule has 0 unspecified atom stereocenters. The van der Waals surface area contributed by atoms with Crippen molar-refractivity contribution in [3.05, 3.63) is 41.5 Å². The molecule has 0 aromatic heterocycles. The number of rotatable bonds is 4. The number of hydrogen-bond donors (Lipinski definition) is 0. The van der Waals surface area contributed by atoms with Gasteiger partial charge in [0, 0.05) is 17.9 Å². The van der Waals surface area contributed by atoms with E-state index in [0.717, 1.165) is 5.39 Å². The van der Waals surface area contributed by atoms with E-state index in [4.69, 9.17) is 9.47 Å². The van der Waals surface area contributed by atoms with Crippen LogP contribution in [-0.2, 0) is 9.47 Å². The summed E-state index contributed by atoms with van der Waals surface area (Å²) in [5, 5.41) is 1.43. The van der Waals surface area contributed by atoms with Crippen molar-refractivity contribution in [2.24, 2.45) is 0 Å². The van der Waals surface area contributed by atoms with Crippen molar-refractivity contribution < 1.29 is 23.8 Å². The largest absolute Gasteiger partial charge is 0.491 e. The van der Waals surface area contributed by atoms with Crippen molar-refractivity contribution in [2.45, 2.75) is 0 Å². The molecule has 0 aliphatic carbocycles. The molecule has 0 atom stereocenters. The van der Waals surface area contributed by atoms with Crippen molar-refractivity contribution in [2.75, 3.05) is 20.3 Å². The van der Waals surface area contributed by atoms with Gasteiger partial charge in [0.1, 0.15) is 12.4 Å². The Morgan fingerprint density at radius 1 is 1.05 bits per heavy atom. The molecule has 2 aromatic rings. The van der Waals surface area contributed by atoms with E-state index >= 15 is 0 Å². The maximum atomic E-state index is 11.8. The quantitative estimate of drug-likeness (QED) is 0.485. The molecule has 1 heterocycles. The second kappa shape index (κ2) is 4.94. The number of esters is 2. The number of hydrogen-bond acceptors (Lipinski definition) is 5. The van der Waals surface area contributed by atoms with Crippen molar-refractivity contribution in [1.29, 1.82) is 0 Å². The zero-order valence-corrected chi connectivity index (χ0v) is 10.8. The molecule has 0 bridgehead atoms. The Morgan fingerprint density at radius 2 is 1.80 bits per heavy atom. The number of benzene rings is 2. The van der Waals surface area contributed by atoms with Gasteiger partial charge in [-0.25, -0.2) is 9.59 Å². The van der Waals surface area contributed by atoms with Gasteiger partial charge in [0.15, 0.2) is 0 Å². The Hall–Kier alpha value is -2.40. The second-order valence-corrected chi connectivity index (χ2v) is 4.36. The molecule has 20 heavy (non-hydrogen) atoms. The number of carbonyl (C=O) groups is 2.